The summed E-state index contributed by atoms with van der Waals surface area (Å²) in [4.78, 5) is 10.4. The molecule has 0 bridgehead atoms. The van der Waals surface area contributed by atoms with E-state index in [9.17, 15) is 4.79 Å². The van der Waals surface area contributed by atoms with E-state index in [2.05, 4.69) is 32.9 Å². The van der Waals surface area contributed by atoms with Gasteiger partial charge >= 0.3 is 5.97 Å². The van der Waals surface area contributed by atoms with Crippen molar-refractivity contribution in [3.05, 3.63) is 12.2 Å². The van der Waals surface area contributed by atoms with Gasteiger partial charge in [0.2, 0.25) is 0 Å². The molecule has 0 heterocycles. The second kappa shape index (κ2) is 10.0. The molecule has 2 nitrogen and oxygen atoms in total. The number of carbonyl (C=O) groups is 1. The highest BCUT2D eigenvalue weighted by atomic mass is 16.4. The Bertz CT molecular complexity index is 292. The Morgan fingerprint density at radius 1 is 1.25 bits per heavy atom. The molecule has 0 aromatic rings. The normalized spacial score (nSPS) is 25.1. The molecular weight excluding hydrogens is 248 g/mol. The van der Waals surface area contributed by atoms with Crippen LogP contribution in [0.5, 0.6) is 0 Å². The number of unbranched alkanes of at least 4 members (excludes halogenated alkanes) is 1. The molecule has 0 radical (unpaired) electrons. The number of carboxylic acid groups (broad SMARTS) is 1. The minimum absolute atomic E-state index is 0.290. The molecule has 0 unspecified atom stereocenters. The van der Waals surface area contributed by atoms with Crippen molar-refractivity contribution in [2.75, 3.05) is 0 Å². The summed E-state index contributed by atoms with van der Waals surface area (Å²) in [6, 6.07) is 0. The van der Waals surface area contributed by atoms with Crippen LogP contribution in [0.2, 0.25) is 0 Å². The highest BCUT2D eigenvalue weighted by Gasteiger charge is 2.33. The SMILES string of the molecule is CC.C[C@@H]1CC[C@H](C/C=C\CCCC(=O)O)CC1(C)C. The van der Waals surface area contributed by atoms with Gasteiger partial charge in [0, 0.05) is 6.42 Å². The predicted molar refractivity (Wildman–Crippen MR) is 86.9 cm³/mol. The Labute approximate surface area is 125 Å². The van der Waals surface area contributed by atoms with Crippen molar-refractivity contribution in [1.29, 1.82) is 0 Å². The smallest absolute Gasteiger partial charge is 0.303 e. The van der Waals surface area contributed by atoms with Crippen molar-refractivity contribution in [2.45, 2.75) is 79.6 Å². The van der Waals surface area contributed by atoms with Gasteiger partial charge < -0.3 is 5.11 Å². The lowest BCUT2D eigenvalue weighted by atomic mass is 9.65. The summed E-state index contributed by atoms with van der Waals surface area (Å²) in [6.07, 6.45) is 11.6. The van der Waals surface area contributed by atoms with Crippen LogP contribution in [-0.2, 0) is 4.79 Å². The maximum Gasteiger partial charge on any atom is 0.303 e. The van der Waals surface area contributed by atoms with E-state index >= 15 is 0 Å². The van der Waals surface area contributed by atoms with Gasteiger partial charge in [-0.1, -0.05) is 46.8 Å². The summed E-state index contributed by atoms with van der Waals surface area (Å²) in [6.45, 7) is 11.2. The van der Waals surface area contributed by atoms with Crippen LogP contribution in [0.3, 0.4) is 0 Å². The molecule has 1 saturated carbocycles. The van der Waals surface area contributed by atoms with E-state index in [4.69, 9.17) is 5.11 Å². The van der Waals surface area contributed by atoms with Crippen molar-refractivity contribution < 1.29 is 9.90 Å². The van der Waals surface area contributed by atoms with Crippen molar-refractivity contribution in [3.63, 3.8) is 0 Å². The third-order valence-electron chi connectivity index (χ3n) is 4.55. The number of aliphatic carboxylic acids is 1. The minimum atomic E-state index is -0.689. The molecule has 1 fully saturated rings. The molecule has 118 valence electrons. The molecule has 1 N–H and O–H groups in total. The lowest BCUT2D eigenvalue weighted by Gasteiger charge is -2.40. The zero-order valence-corrected chi connectivity index (χ0v) is 14.1. The monoisotopic (exact) mass is 282 g/mol. The third kappa shape index (κ3) is 7.72. The topological polar surface area (TPSA) is 37.3 Å². The van der Waals surface area contributed by atoms with Gasteiger partial charge in [-0.2, -0.15) is 0 Å². The van der Waals surface area contributed by atoms with E-state index in [1.165, 1.54) is 25.7 Å². The molecule has 0 aromatic heterocycles. The van der Waals surface area contributed by atoms with Crippen LogP contribution < -0.4 is 0 Å². The van der Waals surface area contributed by atoms with Gasteiger partial charge in [0.25, 0.3) is 0 Å². The maximum absolute atomic E-state index is 10.4. The Kier molecular flexibility index (Phi) is 9.62. The molecule has 1 aliphatic carbocycles. The van der Waals surface area contributed by atoms with Gasteiger partial charge in [0.1, 0.15) is 0 Å². The van der Waals surface area contributed by atoms with Crippen LogP contribution >= 0.6 is 0 Å². The zero-order valence-electron chi connectivity index (χ0n) is 14.1. The van der Waals surface area contributed by atoms with E-state index in [1.54, 1.807) is 0 Å². The zero-order chi connectivity index (χ0) is 15.6. The van der Waals surface area contributed by atoms with Gasteiger partial charge in [-0.05, 0) is 55.8 Å². The first kappa shape index (κ1) is 19.2. The van der Waals surface area contributed by atoms with Gasteiger partial charge in [-0.15, -0.1) is 0 Å². The molecule has 20 heavy (non-hydrogen) atoms. The van der Waals surface area contributed by atoms with Crippen LogP contribution in [0.25, 0.3) is 0 Å². The fourth-order valence-corrected chi connectivity index (χ4v) is 2.90. The standard InChI is InChI=1S/C16H28O2.C2H6/c1-13-10-11-14(12-16(13,2)3)8-6-4-5-7-9-15(17)18;1-2/h4,6,13-14H,5,7-12H2,1-3H3,(H,17,18);1-2H3/b6-4-;/t13-,14+;/m1./s1. The van der Waals surface area contributed by atoms with Gasteiger partial charge in [-0.25, -0.2) is 0 Å². The molecule has 2 heteroatoms. The summed E-state index contributed by atoms with van der Waals surface area (Å²) >= 11 is 0. The summed E-state index contributed by atoms with van der Waals surface area (Å²) in [5, 5.41) is 8.53. The number of hydrogen-bond donors (Lipinski definition) is 1. The largest absolute Gasteiger partial charge is 0.481 e. The quantitative estimate of drug-likeness (QED) is 0.503. The van der Waals surface area contributed by atoms with E-state index < -0.39 is 5.97 Å². The highest BCUT2D eigenvalue weighted by Crippen LogP contribution is 2.44. The lowest BCUT2D eigenvalue weighted by Crippen LogP contribution is -2.30. The van der Waals surface area contributed by atoms with Crippen LogP contribution in [0.4, 0.5) is 0 Å². The van der Waals surface area contributed by atoms with Crippen LogP contribution in [-0.4, -0.2) is 11.1 Å². The van der Waals surface area contributed by atoms with E-state index in [-0.39, 0.29) is 6.42 Å². The van der Waals surface area contributed by atoms with Crippen molar-refractivity contribution in [2.24, 2.45) is 17.3 Å². The Morgan fingerprint density at radius 3 is 2.45 bits per heavy atom. The molecule has 1 rings (SSSR count). The number of rotatable bonds is 6. The average Bonchev–Trinajstić information content (AvgIpc) is 2.39. The molecule has 0 saturated heterocycles. The van der Waals surface area contributed by atoms with Crippen LogP contribution in [0.15, 0.2) is 12.2 Å². The Morgan fingerprint density at radius 2 is 1.90 bits per heavy atom. The molecule has 0 amide bonds. The van der Waals surface area contributed by atoms with Crippen LogP contribution in [0, 0.1) is 17.3 Å². The molecular formula is C18H34O2. The molecule has 2 atom stereocenters. The molecule has 0 aromatic carbocycles. The second-order valence-electron chi connectivity index (χ2n) is 6.53. The van der Waals surface area contributed by atoms with E-state index in [0.717, 1.165) is 24.7 Å². The van der Waals surface area contributed by atoms with Crippen molar-refractivity contribution in [3.8, 4) is 0 Å². The fourth-order valence-electron chi connectivity index (χ4n) is 2.90. The average molecular weight is 282 g/mol. The van der Waals surface area contributed by atoms with Gasteiger partial charge in [-0.3, -0.25) is 4.79 Å². The summed E-state index contributed by atoms with van der Waals surface area (Å²) in [7, 11) is 0. The van der Waals surface area contributed by atoms with E-state index in [0.29, 0.717) is 5.41 Å². The maximum atomic E-state index is 10.4. The Hall–Kier alpha value is -0.790. The predicted octanol–water partition coefficient (Wildman–Crippen LogP) is 5.68. The number of carboxylic acids is 1. The summed E-state index contributed by atoms with van der Waals surface area (Å²) < 4.78 is 0. The van der Waals surface area contributed by atoms with Crippen molar-refractivity contribution >= 4 is 5.97 Å². The first-order valence-electron chi connectivity index (χ1n) is 8.28. The minimum Gasteiger partial charge on any atom is -0.481 e. The Balaban J connectivity index is 0.00000172. The van der Waals surface area contributed by atoms with Gasteiger partial charge in [0.15, 0.2) is 0 Å². The van der Waals surface area contributed by atoms with Crippen molar-refractivity contribution in [1.82, 2.24) is 0 Å². The molecule has 0 aliphatic heterocycles. The van der Waals surface area contributed by atoms with Crippen LogP contribution in [0.1, 0.15) is 79.6 Å². The number of allylic oxidation sites excluding steroid dienone is 2. The highest BCUT2D eigenvalue weighted by molar-refractivity contribution is 5.66. The summed E-state index contributed by atoms with van der Waals surface area (Å²) in [5.74, 6) is 0.978. The van der Waals surface area contributed by atoms with Gasteiger partial charge in [0.05, 0.1) is 0 Å². The second-order valence-corrected chi connectivity index (χ2v) is 6.53. The fraction of sp³-hybridized carbons (Fsp3) is 0.833. The van der Waals surface area contributed by atoms with E-state index in [1.807, 2.05) is 13.8 Å². The first-order valence-corrected chi connectivity index (χ1v) is 8.28. The first-order chi connectivity index (χ1) is 9.42. The lowest BCUT2D eigenvalue weighted by molar-refractivity contribution is -0.137. The molecule has 0 spiro atoms. The summed E-state index contributed by atoms with van der Waals surface area (Å²) in [5.41, 5.74) is 0.486. The third-order valence-corrected chi connectivity index (χ3v) is 4.55. The molecule has 1 aliphatic rings. The number of hydrogen-bond acceptors (Lipinski definition) is 1.